The molecule has 1 aliphatic heterocycles. The standard InChI is InChI=1S/C17H16ClN3O4S/c18-12-1-5-14(6-2-12)21-10-11(9-16(21)22)17(23)20-13-3-7-15(8-4-13)26(19,24)25/h1-8,11H,9-10H2,(H,20,23)(H2,19,24,25)/t11-/m1/s1. The number of hydrogen-bond donors (Lipinski definition) is 2. The number of carbonyl (C=O) groups excluding carboxylic acids is 2. The molecule has 7 nitrogen and oxygen atoms in total. The van der Waals surface area contributed by atoms with Crippen molar-refractivity contribution in [3.05, 3.63) is 53.6 Å². The lowest BCUT2D eigenvalue weighted by molar-refractivity contribution is -0.122. The third-order valence-electron chi connectivity index (χ3n) is 4.08. The maximum atomic E-state index is 12.4. The fourth-order valence-electron chi connectivity index (χ4n) is 2.73. The highest BCUT2D eigenvalue weighted by molar-refractivity contribution is 7.89. The number of nitrogens with two attached hydrogens (primary N) is 1. The zero-order chi connectivity index (χ0) is 18.9. The molecular formula is C17H16ClN3O4S. The molecule has 3 N–H and O–H groups in total. The summed E-state index contributed by atoms with van der Waals surface area (Å²) < 4.78 is 22.5. The molecule has 2 amide bonds. The molecule has 1 aliphatic rings. The van der Waals surface area contributed by atoms with Gasteiger partial charge in [-0.25, -0.2) is 13.6 Å². The van der Waals surface area contributed by atoms with Gasteiger partial charge >= 0.3 is 0 Å². The minimum atomic E-state index is -3.79. The second-order valence-corrected chi connectivity index (χ2v) is 7.94. The van der Waals surface area contributed by atoms with E-state index < -0.39 is 15.9 Å². The van der Waals surface area contributed by atoms with Crippen LogP contribution in [0.5, 0.6) is 0 Å². The maximum Gasteiger partial charge on any atom is 0.238 e. The van der Waals surface area contributed by atoms with Crippen molar-refractivity contribution in [2.75, 3.05) is 16.8 Å². The Morgan fingerprint density at radius 2 is 1.73 bits per heavy atom. The van der Waals surface area contributed by atoms with E-state index in [1.807, 2.05) is 0 Å². The van der Waals surface area contributed by atoms with Crippen molar-refractivity contribution in [2.24, 2.45) is 11.1 Å². The van der Waals surface area contributed by atoms with E-state index in [4.69, 9.17) is 16.7 Å². The third-order valence-corrected chi connectivity index (χ3v) is 5.27. The summed E-state index contributed by atoms with van der Waals surface area (Å²) in [4.78, 5) is 26.1. The summed E-state index contributed by atoms with van der Waals surface area (Å²) in [5.74, 6) is -0.952. The molecule has 9 heteroatoms. The van der Waals surface area contributed by atoms with Crippen LogP contribution in [0, 0.1) is 5.92 Å². The van der Waals surface area contributed by atoms with Gasteiger partial charge in [-0.05, 0) is 48.5 Å². The molecule has 1 fully saturated rings. The molecule has 2 aromatic carbocycles. The second kappa shape index (κ2) is 7.06. The van der Waals surface area contributed by atoms with Gasteiger partial charge < -0.3 is 10.2 Å². The van der Waals surface area contributed by atoms with Crippen LogP contribution in [0.2, 0.25) is 5.02 Å². The molecule has 0 saturated carbocycles. The van der Waals surface area contributed by atoms with E-state index >= 15 is 0 Å². The van der Waals surface area contributed by atoms with Crippen LogP contribution in [-0.4, -0.2) is 26.8 Å². The van der Waals surface area contributed by atoms with Crippen molar-refractivity contribution in [3.8, 4) is 0 Å². The van der Waals surface area contributed by atoms with Crippen LogP contribution in [-0.2, 0) is 19.6 Å². The average Bonchev–Trinajstić information content (AvgIpc) is 2.97. The number of carbonyl (C=O) groups is 2. The predicted molar refractivity (Wildman–Crippen MR) is 98.4 cm³/mol. The van der Waals surface area contributed by atoms with Crippen molar-refractivity contribution in [1.82, 2.24) is 0 Å². The monoisotopic (exact) mass is 393 g/mol. The molecule has 0 bridgehead atoms. The number of sulfonamides is 1. The predicted octanol–water partition coefficient (Wildman–Crippen LogP) is 1.98. The van der Waals surface area contributed by atoms with Gasteiger partial charge in [0.05, 0.1) is 10.8 Å². The molecular weight excluding hydrogens is 378 g/mol. The number of amides is 2. The summed E-state index contributed by atoms with van der Waals surface area (Å²) in [6, 6.07) is 12.3. The molecule has 0 spiro atoms. The van der Waals surface area contributed by atoms with E-state index in [1.165, 1.54) is 24.3 Å². The van der Waals surface area contributed by atoms with Gasteiger partial charge in [0, 0.05) is 29.4 Å². The Morgan fingerprint density at radius 1 is 1.12 bits per heavy atom. The van der Waals surface area contributed by atoms with Crippen molar-refractivity contribution >= 4 is 44.8 Å². The van der Waals surface area contributed by atoms with Crippen molar-refractivity contribution in [2.45, 2.75) is 11.3 Å². The Bertz CT molecular complexity index is 943. The number of halogens is 1. The SMILES string of the molecule is NS(=O)(=O)c1ccc(NC(=O)[C@@H]2CC(=O)N(c3ccc(Cl)cc3)C2)cc1. The Labute approximate surface area is 155 Å². The van der Waals surface area contributed by atoms with Crippen LogP contribution < -0.4 is 15.4 Å². The molecule has 26 heavy (non-hydrogen) atoms. The van der Waals surface area contributed by atoms with E-state index in [0.717, 1.165) is 0 Å². The van der Waals surface area contributed by atoms with Gasteiger partial charge in [0.15, 0.2) is 0 Å². The van der Waals surface area contributed by atoms with Crippen LogP contribution in [0.4, 0.5) is 11.4 Å². The van der Waals surface area contributed by atoms with E-state index in [1.54, 1.807) is 29.2 Å². The fraction of sp³-hybridized carbons (Fsp3) is 0.176. The van der Waals surface area contributed by atoms with Crippen LogP contribution in [0.3, 0.4) is 0 Å². The molecule has 0 aliphatic carbocycles. The van der Waals surface area contributed by atoms with Gasteiger partial charge in [0.25, 0.3) is 0 Å². The van der Waals surface area contributed by atoms with Crippen LogP contribution in [0.15, 0.2) is 53.4 Å². The Balaban J connectivity index is 1.67. The largest absolute Gasteiger partial charge is 0.326 e. The van der Waals surface area contributed by atoms with Gasteiger partial charge in [0.2, 0.25) is 21.8 Å². The van der Waals surface area contributed by atoms with Gasteiger partial charge in [0.1, 0.15) is 0 Å². The lowest BCUT2D eigenvalue weighted by Gasteiger charge is -2.16. The number of benzene rings is 2. The van der Waals surface area contributed by atoms with Crippen molar-refractivity contribution in [3.63, 3.8) is 0 Å². The Morgan fingerprint density at radius 3 is 2.31 bits per heavy atom. The smallest absolute Gasteiger partial charge is 0.238 e. The van der Waals surface area contributed by atoms with Gasteiger partial charge in [-0.15, -0.1) is 0 Å². The summed E-state index contributed by atoms with van der Waals surface area (Å²) in [6.07, 6.45) is 0.101. The molecule has 0 radical (unpaired) electrons. The van der Waals surface area contributed by atoms with Gasteiger partial charge in [-0.2, -0.15) is 0 Å². The number of nitrogens with one attached hydrogen (secondary N) is 1. The van der Waals surface area contributed by atoms with E-state index in [9.17, 15) is 18.0 Å². The van der Waals surface area contributed by atoms with E-state index in [-0.39, 0.29) is 29.7 Å². The number of rotatable bonds is 4. The van der Waals surface area contributed by atoms with E-state index in [2.05, 4.69) is 5.32 Å². The molecule has 3 rings (SSSR count). The molecule has 0 unspecified atom stereocenters. The zero-order valence-corrected chi connectivity index (χ0v) is 15.1. The molecule has 2 aromatic rings. The summed E-state index contributed by atoms with van der Waals surface area (Å²) in [6.45, 7) is 0.265. The normalized spacial score (nSPS) is 17.4. The highest BCUT2D eigenvalue weighted by Gasteiger charge is 2.35. The third kappa shape index (κ3) is 4.04. The molecule has 1 atom stereocenters. The maximum absolute atomic E-state index is 12.4. The van der Waals surface area contributed by atoms with Crippen LogP contribution in [0.25, 0.3) is 0 Å². The van der Waals surface area contributed by atoms with Gasteiger partial charge in [-0.3, -0.25) is 9.59 Å². The lowest BCUT2D eigenvalue weighted by Crippen LogP contribution is -2.28. The summed E-state index contributed by atoms with van der Waals surface area (Å²) >= 11 is 5.85. The number of hydrogen-bond acceptors (Lipinski definition) is 4. The van der Waals surface area contributed by atoms with Crippen molar-refractivity contribution < 1.29 is 18.0 Å². The quantitative estimate of drug-likeness (QED) is 0.827. The van der Waals surface area contributed by atoms with Crippen molar-refractivity contribution in [1.29, 1.82) is 0 Å². The summed E-state index contributed by atoms with van der Waals surface area (Å²) in [5.41, 5.74) is 1.12. The first-order valence-corrected chi connectivity index (χ1v) is 9.66. The number of anilines is 2. The molecule has 1 saturated heterocycles. The second-order valence-electron chi connectivity index (χ2n) is 5.94. The highest BCUT2D eigenvalue weighted by Crippen LogP contribution is 2.27. The first-order chi connectivity index (χ1) is 12.2. The van der Waals surface area contributed by atoms with E-state index in [0.29, 0.717) is 16.4 Å². The fourth-order valence-corrected chi connectivity index (χ4v) is 3.37. The topological polar surface area (TPSA) is 110 Å². The minimum absolute atomic E-state index is 0.0412. The molecule has 136 valence electrons. The van der Waals surface area contributed by atoms with Crippen LogP contribution >= 0.6 is 11.6 Å². The molecule has 0 aromatic heterocycles. The Hall–Kier alpha value is -2.42. The first kappa shape index (κ1) is 18.4. The highest BCUT2D eigenvalue weighted by atomic mass is 35.5. The number of primary sulfonamides is 1. The lowest BCUT2D eigenvalue weighted by atomic mass is 10.1. The van der Waals surface area contributed by atoms with Gasteiger partial charge in [-0.1, -0.05) is 11.6 Å². The zero-order valence-electron chi connectivity index (χ0n) is 13.6. The Kier molecular flexibility index (Phi) is 4.99. The summed E-state index contributed by atoms with van der Waals surface area (Å²) in [7, 11) is -3.79. The first-order valence-electron chi connectivity index (χ1n) is 7.74. The van der Waals surface area contributed by atoms with Crippen LogP contribution in [0.1, 0.15) is 6.42 Å². The number of nitrogens with zero attached hydrogens (tertiary/aromatic N) is 1. The molecule has 1 heterocycles. The summed E-state index contributed by atoms with van der Waals surface area (Å²) in [5, 5.41) is 8.29. The minimum Gasteiger partial charge on any atom is -0.326 e. The average molecular weight is 394 g/mol.